The maximum atomic E-state index is 13.0. The number of halogens is 1. The van der Waals surface area contributed by atoms with Gasteiger partial charge in [0.15, 0.2) is 0 Å². The summed E-state index contributed by atoms with van der Waals surface area (Å²) in [5.41, 5.74) is 0. The number of carbonyl (C=O) groups excluding carboxylic acids is 1. The van der Waals surface area contributed by atoms with Gasteiger partial charge in [-0.25, -0.2) is 4.39 Å². The van der Waals surface area contributed by atoms with Gasteiger partial charge in [-0.15, -0.1) is 0 Å². The highest BCUT2D eigenvalue weighted by molar-refractivity contribution is 5.73. The van der Waals surface area contributed by atoms with Gasteiger partial charge in [-0.2, -0.15) is 0 Å². The van der Waals surface area contributed by atoms with Crippen molar-refractivity contribution in [2.45, 2.75) is 63.3 Å². The Kier molecular flexibility index (Phi) is 5.91. The molecule has 1 heterocycles. The first-order valence-electron chi connectivity index (χ1n) is 9.14. The highest BCUT2D eigenvalue weighted by Gasteiger charge is 2.38. The van der Waals surface area contributed by atoms with Crippen molar-refractivity contribution in [2.75, 3.05) is 13.1 Å². The van der Waals surface area contributed by atoms with Crippen molar-refractivity contribution in [3.05, 3.63) is 30.1 Å². The molecule has 2 N–H and O–H groups in total. The van der Waals surface area contributed by atoms with Crippen LogP contribution in [0.2, 0.25) is 0 Å². The first kappa shape index (κ1) is 18.1. The summed E-state index contributed by atoms with van der Waals surface area (Å²) in [6.07, 6.45) is 3.75. The van der Waals surface area contributed by atoms with E-state index in [-0.39, 0.29) is 29.9 Å². The first-order valence-corrected chi connectivity index (χ1v) is 9.14. The van der Waals surface area contributed by atoms with Crippen LogP contribution in [0.15, 0.2) is 24.3 Å². The van der Waals surface area contributed by atoms with E-state index in [9.17, 15) is 14.3 Å². The Labute approximate surface area is 148 Å². The van der Waals surface area contributed by atoms with Gasteiger partial charge in [0.25, 0.3) is 0 Å². The van der Waals surface area contributed by atoms with Crippen molar-refractivity contribution in [3.8, 4) is 5.75 Å². The molecule has 25 heavy (non-hydrogen) atoms. The zero-order valence-electron chi connectivity index (χ0n) is 14.7. The van der Waals surface area contributed by atoms with Crippen molar-refractivity contribution in [1.82, 2.24) is 10.2 Å². The van der Waals surface area contributed by atoms with Crippen LogP contribution >= 0.6 is 0 Å². The van der Waals surface area contributed by atoms with E-state index in [1.165, 1.54) is 12.1 Å². The lowest BCUT2D eigenvalue weighted by atomic mass is 9.87. The van der Waals surface area contributed by atoms with E-state index in [1.807, 2.05) is 0 Å². The number of hydrogen-bond donors (Lipinski definition) is 2. The molecule has 3 atom stereocenters. The standard InChI is InChI=1S/C19H27FN2O3/c1-13(23)21-15-9-11-22(12-10-15)17-3-2-4-18(19(17)24)25-16-7-5-14(20)6-8-16/h5-8,15,17-19,24H,2-4,9-12H2,1H3,(H,21,23)/t17-,18+,19+/m0/s1. The number of ether oxygens (including phenoxy) is 1. The number of amides is 1. The Morgan fingerprint density at radius 3 is 2.52 bits per heavy atom. The fourth-order valence-electron chi connectivity index (χ4n) is 4.00. The summed E-state index contributed by atoms with van der Waals surface area (Å²) < 4.78 is 18.9. The van der Waals surface area contributed by atoms with Crippen LogP contribution in [0.3, 0.4) is 0 Å². The molecule has 2 aliphatic rings. The third kappa shape index (κ3) is 4.70. The van der Waals surface area contributed by atoms with Crippen LogP contribution in [-0.4, -0.2) is 53.3 Å². The number of carbonyl (C=O) groups is 1. The molecule has 1 saturated heterocycles. The third-order valence-electron chi connectivity index (χ3n) is 5.27. The van der Waals surface area contributed by atoms with Crippen molar-refractivity contribution in [3.63, 3.8) is 0 Å². The van der Waals surface area contributed by atoms with E-state index in [1.54, 1.807) is 19.1 Å². The summed E-state index contributed by atoms with van der Waals surface area (Å²) in [5.74, 6) is 0.316. The van der Waals surface area contributed by atoms with Gasteiger partial charge in [0.2, 0.25) is 5.91 Å². The lowest BCUT2D eigenvalue weighted by Gasteiger charge is -2.44. The first-order chi connectivity index (χ1) is 12.0. The molecule has 1 aliphatic carbocycles. The summed E-state index contributed by atoms with van der Waals surface area (Å²) in [7, 11) is 0. The molecule has 1 amide bonds. The van der Waals surface area contributed by atoms with Gasteiger partial charge in [-0.1, -0.05) is 0 Å². The Hall–Kier alpha value is -1.66. The fraction of sp³-hybridized carbons (Fsp3) is 0.632. The second-order valence-electron chi connectivity index (χ2n) is 7.11. The molecule has 138 valence electrons. The maximum Gasteiger partial charge on any atom is 0.217 e. The van der Waals surface area contributed by atoms with Crippen molar-refractivity contribution in [1.29, 1.82) is 0 Å². The molecule has 0 radical (unpaired) electrons. The minimum Gasteiger partial charge on any atom is -0.488 e. The van der Waals surface area contributed by atoms with E-state index >= 15 is 0 Å². The number of benzene rings is 1. The molecule has 3 rings (SSSR count). The van der Waals surface area contributed by atoms with Crippen LogP contribution in [0, 0.1) is 5.82 Å². The van der Waals surface area contributed by atoms with Crippen molar-refractivity contribution < 1.29 is 19.0 Å². The van der Waals surface area contributed by atoms with Gasteiger partial charge >= 0.3 is 0 Å². The number of aliphatic hydroxyl groups excluding tert-OH is 1. The average molecular weight is 350 g/mol. The monoisotopic (exact) mass is 350 g/mol. The zero-order chi connectivity index (χ0) is 17.8. The summed E-state index contributed by atoms with van der Waals surface area (Å²) in [4.78, 5) is 13.5. The van der Waals surface area contributed by atoms with Gasteiger partial charge in [0, 0.05) is 32.1 Å². The fourth-order valence-corrected chi connectivity index (χ4v) is 4.00. The topological polar surface area (TPSA) is 61.8 Å². The predicted molar refractivity (Wildman–Crippen MR) is 92.9 cm³/mol. The Morgan fingerprint density at radius 1 is 1.20 bits per heavy atom. The number of piperidine rings is 1. The lowest BCUT2D eigenvalue weighted by Crippen LogP contribution is -2.56. The second kappa shape index (κ2) is 8.15. The molecule has 5 nitrogen and oxygen atoms in total. The molecule has 0 aromatic heterocycles. The molecule has 1 aliphatic heterocycles. The molecule has 0 bridgehead atoms. The quantitative estimate of drug-likeness (QED) is 0.873. The molecule has 0 spiro atoms. The van der Waals surface area contributed by atoms with Crippen LogP contribution in [0.5, 0.6) is 5.75 Å². The van der Waals surface area contributed by atoms with Crippen LogP contribution < -0.4 is 10.1 Å². The second-order valence-corrected chi connectivity index (χ2v) is 7.11. The van der Waals surface area contributed by atoms with Crippen molar-refractivity contribution >= 4 is 5.91 Å². The molecular weight excluding hydrogens is 323 g/mol. The molecule has 6 heteroatoms. The van der Waals surface area contributed by atoms with E-state index < -0.39 is 6.10 Å². The molecule has 1 aromatic carbocycles. The van der Waals surface area contributed by atoms with Crippen molar-refractivity contribution in [2.24, 2.45) is 0 Å². The average Bonchev–Trinajstić information content (AvgIpc) is 2.59. The summed E-state index contributed by atoms with van der Waals surface area (Å²) in [6, 6.07) is 6.26. The predicted octanol–water partition coefficient (Wildman–Crippen LogP) is 2.09. The van der Waals surface area contributed by atoms with Gasteiger partial charge in [-0.05, 0) is 56.4 Å². The minimum atomic E-state index is -0.559. The summed E-state index contributed by atoms with van der Waals surface area (Å²) >= 11 is 0. The number of nitrogens with zero attached hydrogens (tertiary/aromatic N) is 1. The summed E-state index contributed by atoms with van der Waals surface area (Å²) in [6.45, 7) is 3.29. The Bertz CT molecular complexity index is 573. The number of hydrogen-bond acceptors (Lipinski definition) is 4. The number of rotatable bonds is 4. The van der Waals surface area contributed by atoms with Crippen LogP contribution in [0.4, 0.5) is 4.39 Å². The van der Waals surface area contributed by atoms with Gasteiger partial charge in [0.1, 0.15) is 23.8 Å². The van der Waals surface area contributed by atoms with Gasteiger partial charge in [-0.3, -0.25) is 9.69 Å². The lowest BCUT2D eigenvalue weighted by molar-refractivity contribution is -0.120. The maximum absolute atomic E-state index is 13.0. The zero-order valence-corrected chi connectivity index (χ0v) is 14.7. The van der Waals surface area contributed by atoms with E-state index in [0.29, 0.717) is 5.75 Å². The normalized spacial score (nSPS) is 28.5. The van der Waals surface area contributed by atoms with Gasteiger partial charge in [0.05, 0.1) is 0 Å². The minimum absolute atomic E-state index is 0.0175. The summed E-state index contributed by atoms with van der Waals surface area (Å²) in [5, 5.41) is 13.8. The van der Waals surface area contributed by atoms with Crippen LogP contribution in [0.1, 0.15) is 39.0 Å². The molecule has 1 aromatic rings. The molecule has 0 unspecified atom stereocenters. The molecule has 2 fully saturated rings. The van der Waals surface area contributed by atoms with E-state index in [0.717, 1.165) is 45.2 Å². The van der Waals surface area contributed by atoms with E-state index in [2.05, 4.69) is 10.2 Å². The Morgan fingerprint density at radius 2 is 1.88 bits per heavy atom. The third-order valence-corrected chi connectivity index (χ3v) is 5.27. The SMILES string of the molecule is CC(=O)NC1CCN([C@H]2CCC[C@@H](Oc3ccc(F)cc3)[C@@H]2O)CC1. The molecular formula is C19H27FN2O3. The number of likely N-dealkylation sites (tertiary alicyclic amines) is 1. The van der Waals surface area contributed by atoms with Crippen LogP contribution in [-0.2, 0) is 4.79 Å². The Balaban J connectivity index is 1.56. The highest BCUT2D eigenvalue weighted by atomic mass is 19.1. The van der Waals surface area contributed by atoms with Gasteiger partial charge < -0.3 is 15.2 Å². The number of nitrogens with one attached hydrogen (secondary N) is 1. The number of aliphatic hydroxyl groups is 1. The molecule has 1 saturated carbocycles. The largest absolute Gasteiger partial charge is 0.488 e. The van der Waals surface area contributed by atoms with E-state index in [4.69, 9.17) is 4.74 Å². The highest BCUT2D eigenvalue weighted by Crippen LogP contribution is 2.29. The van der Waals surface area contributed by atoms with Crippen LogP contribution in [0.25, 0.3) is 0 Å². The smallest absolute Gasteiger partial charge is 0.217 e.